The van der Waals surface area contributed by atoms with Crippen molar-refractivity contribution in [2.24, 2.45) is 0 Å². The van der Waals surface area contributed by atoms with Crippen LogP contribution >= 0.6 is 0 Å². The van der Waals surface area contributed by atoms with Gasteiger partial charge in [0.2, 0.25) is 6.29 Å². The quantitative estimate of drug-likeness (QED) is 0.337. The number of hydrogen-bond acceptors (Lipinski definition) is 9. The number of aliphatic hydroxyl groups excluding tert-OH is 3. The van der Waals surface area contributed by atoms with Crippen LogP contribution < -0.4 is 19.6 Å². The molecule has 5 rings (SSSR count). The maximum Gasteiger partial charge on any atom is 0.202 e. The third-order valence-electron chi connectivity index (χ3n) is 6.72. The number of rotatable bonds is 6. The first-order chi connectivity index (χ1) is 17.8. The van der Waals surface area contributed by atoms with Crippen LogP contribution in [0.5, 0.6) is 17.2 Å². The summed E-state index contributed by atoms with van der Waals surface area (Å²) in [6.07, 6.45) is -4.12. The van der Waals surface area contributed by atoms with Gasteiger partial charge in [-0.05, 0) is 43.3 Å². The Morgan fingerprint density at radius 3 is 2.46 bits per heavy atom. The third-order valence-corrected chi connectivity index (χ3v) is 6.72. The van der Waals surface area contributed by atoms with Gasteiger partial charge >= 0.3 is 0 Å². The second-order valence-electron chi connectivity index (χ2n) is 8.96. The van der Waals surface area contributed by atoms with E-state index in [9.17, 15) is 20.1 Å². The van der Waals surface area contributed by atoms with Crippen molar-refractivity contribution >= 4 is 11.0 Å². The Morgan fingerprint density at radius 2 is 1.73 bits per heavy atom. The van der Waals surface area contributed by atoms with Gasteiger partial charge in [0.15, 0.2) is 5.43 Å². The van der Waals surface area contributed by atoms with Gasteiger partial charge in [0.05, 0.1) is 26.9 Å². The predicted molar refractivity (Wildman–Crippen MR) is 135 cm³/mol. The Labute approximate surface area is 212 Å². The second-order valence-corrected chi connectivity index (χ2v) is 8.96. The molecule has 9 nitrogen and oxygen atoms in total. The van der Waals surface area contributed by atoms with Crippen molar-refractivity contribution in [3.8, 4) is 39.7 Å². The largest absolute Gasteiger partial charge is 0.497 e. The lowest BCUT2D eigenvalue weighted by molar-refractivity contribution is -0.229. The van der Waals surface area contributed by atoms with Crippen LogP contribution in [-0.4, -0.2) is 60.7 Å². The van der Waals surface area contributed by atoms with Crippen molar-refractivity contribution in [2.45, 2.75) is 37.9 Å². The fourth-order valence-electron chi connectivity index (χ4n) is 4.71. The summed E-state index contributed by atoms with van der Waals surface area (Å²) in [5.74, 6) is 2.07. The van der Waals surface area contributed by atoms with Crippen LogP contribution in [0.1, 0.15) is 12.0 Å². The summed E-state index contributed by atoms with van der Waals surface area (Å²) in [5.41, 5.74) is 3.14. The molecule has 3 aliphatic rings. The summed E-state index contributed by atoms with van der Waals surface area (Å²) in [7, 11) is 3.16. The molecule has 1 saturated heterocycles. The van der Waals surface area contributed by atoms with Crippen molar-refractivity contribution in [3.05, 3.63) is 64.3 Å². The summed E-state index contributed by atoms with van der Waals surface area (Å²) < 4.78 is 28.8. The van der Waals surface area contributed by atoms with E-state index in [0.717, 1.165) is 22.1 Å². The van der Waals surface area contributed by atoms with Gasteiger partial charge in [-0.3, -0.25) is 4.79 Å². The number of aliphatic hydroxyl groups is 3. The Morgan fingerprint density at radius 1 is 0.973 bits per heavy atom. The van der Waals surface area contributed by atoms with Crippen LogP contribution in [0.25, 0.3) is 33.4 Å². The fourth-order valence-corrected chi connectivity index (χ4v) is 4.71. The minimum atomic E-state index is -1.20. The van der Waals surface area contributed by atoms with Gasteiger partial charge in [-0.1, -0.05) is 0 Å². The van der Waals surface area contributed by atoms with E-state index in [1.807, 2.05) is 18.2 Å². The molecule has 0 amide bonds. The van der Waals surface area contributed by atoms with E-state index in [4.69, 9.17) is 23.4 Å². The maximum absolute atomic E-state index is 12.5. The van der Waals surface area contributed by atoms with Crippen LogP contribution in [0.15, 0.2) is 57.7 Å². The smallest absolute Gasteiger partial charge is 0.202 e. The second kappa shape index (κ2) is 10.0. The Balaban J connectivity index is 1.65. The molecule has 0 bridgehead atoms. The molecular formula is C28H28O9. The van der Waals surface area contributed by atoms with E-state index in [1.54, 1.807) is 45.4 Å². The predicted octanol–water partition coefficient (Wildman–Crippen LogP) is 3.10. The molecule has 1 aliphatic carbocycles. The first-order valence-electron chi connectivity index (χ1n) is 11.9. The van der Waals surface area contributed by atoms with Crippen molar-refractivity contribution in [2.75, 3.05) is 20.8 Å². The lowest BCUT2D eigenvalue weighted by atomic mass is 9.91. The standard InChI is InChI=1S/C28H28O9/c1-14-20(30)9-8-19-26(17-6-4-15(33-2)10-22(17)34-3)18-7-5-16(11-23(18)37-28(14)19)35-25-12-21(31)27(32)24(13-29)36-25/h4-11,21,24-25,27,29,31-32H,12-13H2,1-3H3. The maximum atomic E-state index is 12.5. The van der Waals surface area contributed by atoms with Gasteiger partial charge in [0, 0.05) is 46.2 Å². The Bertz CT molecular complexity index is 1460. The normalized spacial score (nSPS) is 21.8. The van der Waals surface area contributed by atoms with E-state index < -0.39 is 31.2 Å². The van der Waals surface area contributed by atoms with Crippen molar-refractivity contribution < 1.29 is 38.7 Å². The van der Waals surface area contributed by atoms with E-state index in [0.29, 0.717) is 34.2 Å². The number of ether oxygens (including phenoxy) is 4. The van der Waals surface area contributed by atoms with Crippen LogP contribution in [0.2, 0.25) is 0 Å². The van der Waals surface area contributed by atoms with E-state index in [1.165, 1.54) is 6.07 Å². The molecule has 0 aromatic heterocycles. The van der Waals surface area contributed by atoms with E-state index in [2.05, 4.69) is 0 Å². The molecule has 4 atom stereocenters. The van der Waals surface area contributed by atoms with Crippen LogP contribution in [0.3, 0.4) is 0 Å². The highest BCUT2D eigenvalue weighted by Crippen LogP contribution is 2.45. The Hall–Kier alpha value is -3.63. The summed E-state index contributed by atoms with van der Waals surface area (Å²) in [5, 5.41) is 30.3. The molecular weight excluding hydrogens is 480 g/mol. The summed E-state index contributed by atoms with van der Waals surface area (Å²) in [6.45, 7) is 1.26. The van der Waals surface area contributed by atoms with E-state index >= 15 is 0 Å². The van der Waals surface area contributed by atoms with Crippen LogP contribution in [0.4, 0.5) is 0 Å². The summed E-state index contributed by atoms with van der Waals surface area (Å²) in [4.78, 5) is 12.5. The zero-order valence-corrected chi connectivity index (χ0v) is 20.6. The molecule has 194 valence electrons. The van der Waals surface area contributed by atoms with Gasteiger partial charge in [0.25, 0.3) is 0 Å². The highest BCUT2D eigenvalue weighted by atomic mass is 16.7. The molecule has 2 heterocycles. The molecule has 0 radical (unpaired) electrons. The van der Waals surface area contributed by atoms with Crippen molar-refractivity contribution in [1.29, 1.82) is 0 Å². The molecule has 0 saturated carbocycles. The molecule has 2 aliphatic heterocycles. The molecule has 2 aromatic rings. The molecule has 3 N–H and O–H groups in total. The molecule has 9 heteroatoms. The number of methoxy groups -OCH3 is 2. The van der Waals surface area contributed by atoms with E-state index in [-0.39, 0.29) is 11.8 Å². The third kappa shape index (κ3) is 4.51. The minimum absolute atomic E-state index is 0.0253. The Kier molecular flexibility index (Phi) is 6.78. The average Bonchev–Trinajstić information content (AvgIpc) is 2.91. The zero-order chi connectivity index (χ0) is 26.3. The SMILES string of the molecule is COc1ccc(-c2c3ccc(=O)c(C)c-3oc3cc(OC4CC(O)C(O)C(CO)O4)ccc23)c(OC)c1. The first kappa shape index (κ1) is 25.0. The molecule has 37 heavy (non-hydrogen) atoms. The summed E-state index contributed by atoms with van der Waals surface area (Å²) >= 11 is 0. The number of hydrogen-bond donors (Lipinski definition) is 3. The first-order valence-corrected chi connectivity index (χ1v) is 11.9. The summed E-state index contributed by atoms with van der Waals surface area (Å²) in [6, 6.07) is 14.1. The molecule has 4 unspecified atom stereocenters. The van der Waals surface area contributed by atoms with Gasteiger partial charge in [-0.15, -0.1) is 0 Å². The fraction of sp³-hybridized carbons (Fsp3) is 0.321. The lowest BCUT2D eigenvalue weighted by Gasteiger charge is -2.36. The van der Waals surface area contributed by atoms with Gasteiger partial charge in [-0.2, -0.15) is 0 Å². The lowest BCUT2D eigenvalue weighted by Crippen LogP contribution is -2.51. The molecule has 2 aromatic carbocycles. The van der Waals surface area contributed by atoms with Crippen LogP contribution in [0, 0.1) is 6.92 Å². The molecule has 0 spiro atoms. The highest BCUT2D eigenvalue weighted by Gasteiger charge is 2.37. The monoisotopic (exact) mass is 508 g/mol. The zero-order valence-electron chi connectivity index (χ0n) is 20.6. The topological polar surface area (TPSA) is 128 Å². The molecule has 1 fully saturated rings. The van der Waals surface area contributed by atoms with Gasteiger partial charge < -0.3 is 38.7 Å². The van der Waals surface area contributed by atoms with Crippen LogP contribution in [-0.2, 0) is 4.74 Å². The van der Waals surface area contributed by atoms with Crippen molar-refractivity contribution in [3.63, 3.8) is 0 Å². The van der Waals surface area contributed by atoms with Gasteiger partial charge in [0.1, 0.15) is 40.8 Å². The number of fused-ring (bicyclic) bond motifs is 2. The highest BCUT2D eigenvalue weighted by molar-refractivity contribution is 6.03. The average molecular weight is 509 g/mol. The number of benzene rings is 3. The van der Waals surface area contributed by atoms with Gasteiger partial charge in [-0.25, -0.2) is 0 Å². The minimum Gasteiger partial charge on any atom is -0.497 e. The van der Waals surface area contributed by atoms with Crippen molar-refractivity contribution in [1.82, 2.24) is 0 Å².